The molecule has 0 amide bonds. The maximum absolute atomic E-state index is 13.6. The van der Waals surface area contributed by atoms with Crippen molar-refractivity contribution in [3.63, 3.8) is 0 Å². The van der Waals surface area contributed by atoms with Crippen LogP contribution in [0.5, 0.6) is 5.75 Å². The Hall–Kier alpha value is -1.79. The van der Waals surface area contributed by atoms with Crippen LogP contribution in [-0.2, 0) is 17.4 Å². The number of hydrogen-bond donors (Lipinski definition) is 2. The Morgan fingerprint density at radius 3 is 2.37 bits per heavy atom. The van der Waals surface area contributed by atoms with Gasteiger partial charge in [-0.15, -0.1) is 0 Å². The number of rotatable bonds is 5. The standard InChI is InChI=1S/C12H12F4O3/c13-11-7(3-1-2-4-9(18)19)5-6-8(17)10(11)12(14,15)16/h5-6,17H,1-4H2,(H,18,19). The second-order valence-corrected chi connectivity index (χ2v) is 4.03. The van der Waals surface area contributed by atoms with Gasteiger partial charge in [-0.05, 0) is 30.9 Å². The monoisotopic (exact) mass is 280 g/mol. The SMILES string of the molecule is O=C(O)CCCCc1ccc(O)c(C(F)(F)F)c1F. The minimum Gasteiger partial charge on any atom is -0.507 e. The molecule has 1 rings (SSSR count). The molecule has 19 heavy (non-hydrogen) atoms. The number of benzene rings is 1. The number of halogens is 4. The Balaban J connectivity index is 2.83. The number of carboxylic acids is 1. The van der Waals surface area contributed by atoms with Gasteiger partial charge in [-0.25, -0.2) is 4.39 Å². The topological polar surface area (TPSA) is 57.5 Å². The van der Waals surface area contributed by atoms with Crippen molar-refractivity contribution < 1.29 is 32.6 Å². The molecule has 0 saturated heterocycles. The molecule has 3 nitrogen and oxygen atoms in total. The third-order valence-electron chi connectivity index (χ3n) is 2.57. The fraction of sp³-hybridized carbons (Fsp3) is 0.417. The van der Waals surface area contributed by atoms with Crippen LogP contribution in [0.15, 0.2) is 12.1 Å². The van der Waals surface area contributed by atoms with Gasteiger partial charge >= 0.3 is 12.1 Å². The number of carbonyl (C=O) groups is 1. The number of hydrogen-bond acceptors (Lipinski definition) is 2. The number of aliphatic carboxylic acids is 1. The van der Waals surface area contributed by atoms with Crippen LogP contribution >= 0.6 is 0 Å². The van der Waals surface area contributed by atoms with E-state index in [0.717, 1.165) is 12.1 Å². The molecular weight excluding hydrogens is 268 g/mol. The molecule has 0 spiro atoms. The van der Waals surface area contributed by atoms with Gasteiger partial charge in [-0.3, -0.25) is 4.79 Å². The van der Waals surface area contributed by atoms with E-state index in [1.807, 2.05) is 0 Å². The predicted molar refractivity (Wildman–Crippen MR) is 58.3 cm³/mol. The van der Waals surface area contributed by atoms with Crippen molar-refractivity contribution in [1.82, 2.24) is 0 Å². The number of alkyl halides is 3. The maximum Gasteiger partial charge on any atom is 0.422 e. The van der Waals surface area contributed by atoms with E-state index in [1.54, 1.807) is 0 Å². The Kier molecular flexibility index (Phi) is 4.74. The third kappa shape index (κ3) is 4.11. The highest BCUT2D eigenvalue weighted by atomic mass is 19.4. The summed E-state index contributed by atoms with van der Waals surface area (Å²) >= 11 is 0. The molecule has 0 radical (unpaired) electrons. The minimum atomic E-state index is -4.97. The summed E-state index contributed by atoms with van der Waals surface area (Å²) in [6.45, 7) is 0. The largest absolute Gasteiger partial charge is 0.507 e. The maximum atomic E-state index is 13.6. The molecule has 0 unspecified atom stereocenters. The summed E-state index contributed by atoms with van der Waals surface area (Å²) in [6.07, 6.45) is -4.60. The summed E-state index contributed by atoms with van der Waals surface area (Å²) in [4.78, 5) is 10.3. The van der Waals surface area contributed by atoms with E-state index < -0.39 is 29.3 Å². The summed E-state index contributed by atoms with van der Waals surface area (Å²) < 4.78 is 51.1. The lowest BCUT2D eigenvalue weighted by Crippen LogP contribution is -2.10. The average Bonchev–Trinajstić information content (AvgIpc) is 2.24. The second kappa shape index (κ2) is 5.90. The summed E-state index contributed by atoms with van der Waals surface area (Å²) in [5.74, 6) is -3.66. The molecule has 0 atom stereocenters. The van der Waals surface area contributed by atoms with Crippen LogP contribution in [0.1, 0.15) is 30.4 Å². The fourth-order valence-corrected chi connectivity index (χ4v) is 1.66. The molecule has 1 aromatic carbocycles. The van der Waals surface area contributed by atoms with Crippen molar-refractivity contribution in [2.45, 2.75) is 31.9 Å². The quantitative estimate of drug-likeness (QED) is 0.642. The van der Waals surface area contributed by atoms with E-state index in [9.17, 15) is 22.4 Å². The summed E-state index contributed by atoms with van der Waals surface area (Å²) in [5.41, 5.74) is -1.86. The molecule has 106 valence electrons. The van der Waals surface area contributed by atoms with Crippen molar-refractivity contribution >= 4 is 5.97 Å². The first-order valence-electron chi connectivity index (χ1n) is 5.53. The van der Waals surface area contributed by atoms with Crippen LogP contribution in [0.25, 0.3) is 0 Å². The molecule has 0 aliphatic carbocycles. The van der Waals surface area contributed by atoms with Gasteiger partial charge in [-0.1, -0.05) is 6.07 Å². The number of unbranched alkanes of at least 4 members (excludes halogenated alkanes) is 1. The van der Waals surface area contributed by atoms with Crippen molar-refractivity contribution in [3.05, 3.63) is 29.1 Å². The summed E-state index contributed by atoms with van der Waals surface area (Å²) in [7, 11) is 0. The Bertz CT molecular complexity index is 469. The van der Waals surface area contributed by atoms with Crippen molar-refractivity contribution in [1.29, 1.82) is 0 Å². The van der Waals surface area contributed by atoms with Crippen LogP contribution in [-0.4, -0.2) is 16.2 Å². The van der Waals surface area contributed by atoms with Gasteiger partial charge in [0.2, 0.25) is 0 Å². The lowest BCUT2D eigenvalue weighted by Gasteiger charge is -2.13. The van der Waals surface area contributed by atoms with E-state index in [0.29, 0.717) is 0 Å². The number of phenols is 1. The van der Waals surface area contributed by atoms with Crippen LogP contribution in [0.2, 0.25) is 0 Å². The van der Waals surface area contributed by atoms with Crippen molar-refractivity contribution in [2.75, 3.05) is 0 Å². The Morgan fingerprint density at radius 2 is 1.84 bits per heavy atom. The molecule has 0 aliphatic heterocycles. The molecule has 2 N–H and O–H groups in total. The van der Waals surface area contributed by atoms with E-state index >= 15 is 0 Å². The van der Waals surface area contributed by atoms with Gasteiger partial charge < -0.3 is 10.2 Å². The van der Waals surface area contributed by atoms with Crippen LogP contribution in [0, 0.1) is 5.82 Å². The first-order chi connectivity index (χ1) is 8.73. The first kappa shape index (κ1) is 15.3. The Labute approximate surface area is 106 Å². The zero-order valence-electron chi connectivity index (χ0n) is 9.80. The number of aryl methyl sites for hydroxylation is 1. The second-order valence-electron chi connectivity index (χ2n) is 4.03. The minimum absolute atomic E-state index is 0.0114. The van der Waals surface area contributed by atoms with Gasteiger partial charge in [0, 0.05) is 6.42 Å². The highest BCUT2D eigenvalue weighted by Gasteiger charge is 2.38. The molecular formula is C12H12F4O3. The molecule has 0 aromatic heterocycles. The highest BCUT2D eigenvalue weighted by molar-refractivity contribution is 5.66. The lowest BCUT2D eigenvalue weighted by atomic mass is 10.0. The smallest absolute Gasteiger partial charge is 0.422 e. The van der Waals surface area contributed by atoms with E-state index in [2.05, 4.69) is 0 Å². The van der Waals surface area contributed by atoms with E-state index in [-0.39, 0.29) is 31.2 Å². The lowest BCUT2D eigenvalue weighted by molar-refractivity contribution is -0.141. The molecule has 0 aliphatic rings. The molecule has 0 fully saturated rings. The highest BCUT2D eigenvalue weighted by Crippen LogP contribution is 2.38. The van der Waals surface area contributed by atoms with Crippen LogP contribution < -0.4 is 0 Å². The zero-order chi connectivity index (χ0) is 14.6. The summed E-state index contributed by atoms with van der Waals surface area (Å²) in [6, 6.07) is 1.86. The molecule has 1 aromatic rings. The van der Waals surface area contributed by atoms with Crippen LogP contribution in [0.4, 0.5) is 17.6 Å². The number of phenolic OH excluding ortho intramolecular Hbond substituents is 1. The molecule has 0 heterocycles. The molecule has 0 saturated carbocycles. The van der Waals surface area contributed by atoms with Gasteiger partial charge in [0.1, 0.15) is 17.1 Å². The predicted octanol–water partition coefficient (Wildman–Crippen LogP) is 3.35. The third-order valence-corrected chi connectivity index (χ3v) is 2.57. The van der Waals surface area contributed by atoms with E-state index in [1.165, 1.54) is 0 Å². The van der Waals surface area contributed by atoms with Gasteiger partial charge in [0.25, 0.3) is 0 Å². The number of carboxylic acid groups (broad SMARTS) is 1. The zero-order valence-corrected chi connectivity index (χ0v) is 9.80. The van der Waals surface area contributed by atoms with E-state index in [4.69, 9.17) is 10.2 Å². The van der Waals surface area contributed by atoms with Gasteiger partial charge in [-0.2, -0.15) is 13.2 Å². The van der Waals surface area contributed by atoms with Gasteiger partial charge in [0.05, 0.1) is 0 Å². The number of aromatic hydroxyl groups is 1. The van der Waals surface area contributed by atoms with Crippen molar-refractivity contribution in [3.8, 4) is 5.75 Å². The Morgan fingerprint density at radius 1 is 1.21 bits per heavy atom. The summed E-state index contributed by atoms with van der Waals surface area (Å²) in [5, 5.41) is 17.5. The first-order valence-corrected chi connectivity index (χ1v) is 5.53. The van der Waals surface area contributed by atoms with Gasteiger partial charge in [0.15, 0.2) is 0 Å². The average molecular weight is 280 g/mol. The van der Waals surface area contributed by atoms with Crippen molar-refractivity contribution in [2.24, 2.45) is 0 Å². The molecule has 7 heteroatoms. The molecule has 0 bridgehead atoms. The fourth-order valence-electron chi connectivity index (χ4n) is 1.66. The van der Waals surface area contributed by atoms with Crippen LogP contribution in [0.3, 0.4) is 0 Å². The normalized spacial score (nSPS) is 11.6.